The molecule has 6 nitrogen and oxygen atoms in total. The second kappa shape index (κ2) is 11.0. The van der Waals surface area contributed by atoms with Crippen LogP contribution in [0.5, 0.6) is 0 Å². The maximum atomic E-state index is 13.6. The third-order valence-electron chi connectivity index (χ3n) is 9.54. The van der Waals surface area contributed by atoms with Gasteiger partial charge in [0.2, 0.25) is 9.84 Å². The molecule has 9 rings (SSSR count). The molecular weight excluding hydrogens is 639 g/mol. The third kappa shape index (κ3) is 4.16. The Bertz CT molecular complexity index is 3010. The molecule has 0 unspecified atom stereocenters. The predicted octanol–water partition coefficient (Wildman–Crippen LogP) is 10.6. The highest BCUT2D eigenvalue weighted by molar-refractivity contribution is 7.91. The first kappa shape index (κ1) is 29.5. The maximum Gasteiger partial charge on any atom is 0.206 e. The molecule has 9 aromatic rings. The Morgan fingerprint density at radius 3 is 1.94 bits per heavy atom. The van der Waals surface area contributed by atoms with E-state index in [4.69, 9.17) is 4.42 Å². The van der Waals surface area contributed by atoms with E-state index in [0.29, 0.717) is 5.56 Å². The lowest BCUT2D eigenvalue weighted by Gasteiger charge is -2.13. The number of aromatic nitrogens is 2. The fourth-order valence-corrected chi connectivity index (χ4v) is 8.54. The number of furan rings is 1. The summed E-state index contributed by atoms with van der Waals surface area (Å²) in [5, 5.41) is 14.3. The van der Waals surface area contributed by atoms with Gasteiger partial charge in [0.05, 0.1) is 43.7 Å². The summed E-state index contributed by atoms with van der Waals surface area (Å²) in [4.78, 5) is 0.289. The molecule has 0 aliphatic heterocycles. The van der Waals surface area contributed by atoms with Crippen molar-refractivity contribution in [3.8, 4) is 17.4 Å². The van der Waals surface area contributed by atoms with Crippen molar-refractivity contribution in [3.63, 3.8) is 0 Å². The van der Waals surface area contributed by atoms with Gasteiger partial charge < -0.3 is 13.6 Å². The molecule has 0 saturated carbocycles. The van der Waals surface area contributed by atoms with E-state index >= 15 is 0 Å². The van der Waals surface area contributed by atoms with Crippen LogP contribution in [-0.2, 0) is 9.84 Å². The van der Waals surface area contributed by atoms with Gasteiger partial charge in [0.1, 0.15) is 11.2 Å². The van der Waals surface area contributed by atoms with Crippen LogP contribution in [0.3, 0.4) is 0 Å². The molecule has 50 heavy (non-hydrogen) atoms. The molecule has 7 heteroatoms. The second-order valence-corrected chi connectivity index (χ2v) is 14.1. The van der Waals surface area contributed by atoms with Gasteiger partial charge in [0, 0.05) is 49.9 Å². The fourth-order valence-electron chi connectivity index (χ4n) is 7.28. The van der Waals surface area contributed by atoms with Crippen molar-refractivity contribution >= 4 is 76.6 Å². The Labute approximate surface area is 287 Å². The molecule has 0 saturated heterocycles. The van der Waals surface area contributed by atoms with E-state index in [2.05, 4.69) is 64.8 Å². The van der Waals surface area contributed by atoms with Gasteiger partial charge in [-0.05, 0) is 78.9 Å². The summed E-state index contributed by atoms with van der Waals surface area (Å²) in [6.45, 7) is 8.36. The van der Waals surface area contributed by atoms with Crippen molar-refractivity contribution in [2.75, 3.05) is 0 Å². The minimum absolute atomic E-state index is 0.129. The molecule has 0 aliphatic rings. The van der Waals surface area contributed by atoms with Gasteiger partial charge in [-0.2, -0.15) is 5.26 Å². The van der Waals surface area contributed by atoms with Crippen molar-refractivity contribution in [1.29, 1.82) is 5.26 Å². The Balaban J connectivity index is 1.39. The van der Waals surface area contributed by atoms with Crippen LogP contribution < -0.4 is 0 Å². The van der Waals surface area contributed by atoms with Gasteiger partial charge >= 0.3 is 0 Å². The lowest BCUT2D eigenvalue weighted by atomic mass is 10.1. The number of nitrogens with zero attached hydrogens (tertiary/aromatic N) is 3. The summed E-state index contributed by atoms with van der Waals surface area (Å²) in [6.07, 6.45) is 3.74. The number of rotatable bonds is 6. The van der Waals surface area contributed by atoms with Gasteiger partial charge in [-0.25, -0.2) is 8.42 Å². The number of fused-ring (bicyclic) bond motifs is 8. The first-order valence-electron chi connectivity index (χ1n) is 16.1. The third-order valence-corrected chi connectivity index (χ3v) is 11.3. The summed E-state index contributed by atoms with van der Waals surface area (Å²) < 4.78 is 38.1. The Morgan fingerprint density at radius 2 is 1.24 bits per heavy atom. The van der Waals surface area contributed by atoms with E-state index in [9.17, 15) is 13.7 Å². The number of hydrogen-bond acceptors (Lipinski definition) is 4. The van der Waals surface area contributed by atoms with Crippen LogP contribution in [0.15, 0.2) is 155 Å². The van der Waals surface area contributed by atoms with Crippen molar-refractivity contribution in [3.05, 3.63) is 157 Å². The highest BCUT2D eigenvalue weighted by Crippen LogP contribution is 2.43. The van der Waals surface area contributed by atoms with E-state index in [0.717, 1.165) is 77.3 Å². The lowest BCUT2D eigenvalue weighted by Crippen LogP contribution is -2.03. The molecule has 0 fully saturated rings. The summed E-state index contributed by atoms with van der Waals surface area (Å²) in [6, 6.07) is 41.8. The van der Waals surface area contributed by atoms with Crippen LogP contribution in [0.4, 0.5) is 0 Å². The van der Waals surface area contributed by atoms with Crippen LogP contribution in [0.1, 0.15) is 16.8 Å². The van der Waals surface area contributed by atoms with Gasteiger partial charge in [0.15, 0.2) is 0 Å². The molecule has 3 heterocycles. The zero-order valence-corrected chi connectivity index (χ0v) is 27.5. The van der Waals surface area contributed by atoms with Crippen LogP contribution in [-0.4, -0.2) is 17.6 Å². The van der Waals surface area contributed by atoms with E-state index in [-0.39, 0.29) is 9.79 Å². The minimum atomic E-state index is -3.82. The molecule has 238 valence electrons. The molecule has 0 radical (unpaired) electrons. The quantitative estimate of drug-likeness (QED) is 0.177. The first-order chi connectivity index (χ1) is 24.4. The van der Waals surface area contributed by atoms with Crippen molar-refractivity contribution < 1.29 is 12.8 Å². The molecule has 0 atom stereocenters. The molecule has 0 aliphatic carbocycles. The smallest absolute Gasteiger partial charge is 0.206 e. The fraction of sp³-hybridized carbons (Fsp3) is 0. The topological polar surface area (TPSA) is 80.9 Å². The van der Waals surface area contributed by atoms with Crippen LogP contribution in [0.25, 0.3) is 78.2 Å². The molecule has 0 bridgehead atoms. The maximum absolute atomic E-state index is 13.6. The normalized spacial score (nSPS) is 11.9. The molecule has 0 amide bonds. The number of para-hydroxylation sites is 2. The number of hydrogen-bond donors (Lipinski definition) is 0. The number of benzene rings is 6. The monoisotopic (exact) mass is 665 g/mol. The molecule has 0 spiro atoms. The Hall–Kier alpha value is -6.62. The van der Waals surface area contributed by atoms with Gasteiger partial charge in [-0.3, -0.25) is 0 Å². The number of sulfone groups is 1. The summed E-state index contributed by atoms with van der Waals surface area (Å²) >= 11 is 0. The SMILES string of the molecule is C=Cc1c(C=C)n(-c2ccccc2)c2c1ccc1c3cc4c(cc3n(-c3ccc(S(=O)(=O)c5ccc(C#N)cc5)cc3)c12)oc1ccccc14. The van der Waals surface area contributed by atoms with E-state index in [1.165, 1.54) is 24.3 Å². The lowest BCUT2D eigenvalue weighted by molar-refractivity contribution is 0.596. The zero-order chi connectivity index (χ0) is 34.1. The Morgan fingerprint density at radius 1 is 0.600 bits per heavy atom. The summed E-state index contributed by atoms with van der Waals surface area (Å²) in [7, 11) is -3.82. The van der Waals surface area contributed by atoms with Crippen LogP contribution in [0, 0.1) is 11.3 Å². The second-order valence-electron chi connectivity index (χ2n) is 12.2. The molecular formula is C43H27N3O3S. The number of nitriles is 1. The van der Waals surface area contributed by atoms with Gasteiger partial charge in [-0.15, -0.1) is 0 Å². The summed E-state index contributed by atoms with van der Waals surface area (Å²) in [5.41, 5.74) is 8.49. The minimum Gasteiger partial charge on any atom is -0.456 e. The van der Waals surface area contributed by atoms with Gasteiger partial charge in [-0.1, -0.05) is 67.8 Å². The largest absolute Gasteiger partial charge is 0.456 e. The van der Waals surface area contributed by atoms with E-state index in [1.54, 1.807) is 12.1 Å². The van der Waals surface area contributed by atoms with Crippen molar-refractivity contribution in [1.82, 2.24) is 9.13 Å². The predicted molar refractivity (Wildman–Crippen MR) is 202 cm³/mol. The van der Waals surface area contributed by atoms with Crippen molar-refractivity contribution in [2.24, 2.45) is 0 Å². The van der Waals surface area contributed by atoms with E-state index in [1.807, 2.05) is 66.8 Å². The van der Waals surface area contributed by atoms with Crippen LogP contribution in [0.2, 0.25) is 0 Å². The highest BCUT2D eigenvalue weighted by atomic mass is 32.2. The highest BCUT2D eigenvalue weighted by Gasteiger charge is 2.24. The average molecular weight is 666 g/mol. The average Bonchev–Trinajstić information content (AvgIpc) is 3.80. The molecule has 6 aromatic carbocycles. The zero-order valence-electron chi connectivity index (χ0n) is 26.7. The van der Waals surface area contributed by atoms with Crippen LogP contribution >= 0.6 is 0 Å². The standard InChI is InChI=1S/C43H27N3O3S/c1-3-32-34-22-23-35-36-24-37-33-12-8-9-13-40(33)49-41(37)25-39(36)46(43(35)42(34)45(38(32)4-2)28-10-6-5-7-11-28)29-16-20-31(21-17-29)50(47,48)30-18-14-27(26-44)15-19-30/h3-25H,1-2H2. The van der Waals surface area contributed by atoms with Crippen molar-refractivity contribution in [2.45, 2.75) is 9.79 Å². The van der Waals surface area contributed by atoms with E-state index < -0.39 is 9.84 Å². The summed E-state index contributed by atoms with van der Waals surface area (Å²) in [5.74, 6) is 0. The van der Waals surface area contributed by atoms with Gasteiger partial charge in [0.25, 0.3) is 0 Å². The first-order valence-corrected chi connectivity index (χ1v) is 17.5. The Kier molecular flexibility index (Phi) is 6.47. The molecule has 0 N–H and O–H groups in total. The molecule has 3 aromatic heterocycles.